The van der Waals surface area contributed by atoms with Gasteiger partial charge in [-0.1, -0.05) is 43.7 Å². The molecule has 0 aliphatic carbocycles. The van der Waals surface area contributed by atoms with Crippen molar-refractivity contribution in [2.75, 3.05) is 50.8 Å². The lowest BCUT2D eigenvalue weighted by Gasteiger charge is -2.38. The van der Waals surface area contributed by atoms with Gasteiger partial charge in [0.25, 0.3) is 0 Å². The van der Waals surface area contributed by atoms with Crippen LogP contribution in [-0.2, 0) is 15.6 Å². The summed E-state index contributed by atoms with van der Waals surface area (Å²) in [6, 6.07) is 15.7. The molecule has 0 unspecified atom stereocenters. The molecule has 2 aromatic carbocycles. The van der Waals surface area contributed by atoms with Gasteiger partial charge in [-0.15, -0.1) is 0 Å². The van der Waals surface area contributed by atoms with Crippen molar-refractivity contribution in [3.8, 4) is 5.75 Å². The van der Waals surface area contributed by atoms with E-state index < -0.39 is 15.6 Å². The van der Waals surface area contributed by atoms with Crippen molar-refractivity contribution >= 4 is 15.7 Å². The van der Waals surface area contributed by atoms with Crippen molar-refractivity contribution < 1.29 is 13.2 Å². The Morgan fingerprint density at radius 2 is 1.62 bits per heavy atom. The SMILES string of the molecule is CCCCOc1ccccc1N1CCN(CCN2C(C)(C)c3ccccc3S2(=O)=O)CC1. The minimum absolute atomic E-state index is 0.453. The third-order valence-corrected chi connectivity index (χ3v) is 8.82. The maximum atomic E-state index is 13.1. The number of nitrogens with zero attached hydrogens (tertiary/aromatic N) is 3. The van der Waals surface area contributed by atoms with Crippen LogP contribution in [0, 0.1) is 0 Å². The van der Waals surface area contributed by atoms with E-state index in [1.807, 2.05) is 32.0 Å². The summed E-state index contributed by atoms with van der Waals surface area (Å²) < 4.78 is 34.0. The number of ether oxygens (including phenoxy) is 1. The summed E-state index contributed by atoms with van der Waals surface area (Å²) in [4.78, 5) is 5.20. The molecular weight excluding hydrogens is 422 g/mol. The van der Waals surface area contributed by atoms with Crippen molar-refractivity contribution in [1.29, 1.82) is 0 Å². The summed E-state index contributed by atoms with van der Waals surface area (Å²) in [6.45, 7) is 11.8. The quantitative estimate of drug-likeness (QED) is 0.562. The molecule has 0 amide bonds. The van der Waals surface area contributed by atoms with E-state index in [0.717, 1.165) is 69.2 Å². The van der Waals surface area contributed by atoms with Crippen LogP contribution < -0.4 is 9.64 Å². The van der Waals surface area contributed by atoms with Crippen LogP contribution in [0.2, 0.25) is 0 Å². The highest BCUT2D eigenvalue weighted by atomic mass is 32.2. The summed E-state index contributed by atoms with van der Waals surface area (Å²) in [7, 11) is -3.45. The summed E-state index contributed by atoms with van der Waals surface area (Å²) in [5.41, 5.74) is 1.53. The molecule has 0 spiro atoms. The molecule has 174 valence electrons. The summed E-state index contributed by atoms with van der Waals surface area (Å²) in [5.74, 6) is 0.956. The van der Waals surface area contributed by atoms with E-state index in [1.54, 1.807) is 16.4 Å². The minimum Gasteiger partial charge on any atom is -0.491 e. The molecule has 7 heteroatoms. The zero-order chi connectivity index (χ0) is 22.8. The number of benzene rings is 2. The normalized spacial score (nSPS) is 20.3. The molecule has 32 heavy (non-hydrogen) atoms. The highest BCUT2D eigenvalue weighted by Crippen LogP contribution is 2.43. The van der Waals surface area contributed by atoms with Crippen molar-refractivity contribution in [1.82, 2.24) is 9.21 Å². The van der Waals surface area contributed by atoms with E-state index in [1.165, 1.54) is 0 Å². The van der Waals surface area contributed by atoms with Gasteiger partial charge in [0.15, 0.2) is 0 Å². The number of piperazine rings is 1. The molecule has 0 radical (unpaired) electrons. The highest BCUT2D eigenvalue weighted by molar-refractivity contribution is 7.89. The molecule has 1 fully saturated rings. The summed E-state index contributed by atoms with van der Waals surface area (Å²) in [5, 5.41) is 0. The van der Waals surface area contributed by atoms with Crippen molar-refractivity contribution in [2.45, 2.75) is 44.0 Å². The van der Waals surface area contributed by atoms with E-state index in [2.05, 4.69) is 34.9 Å². The van der Waals surface area contributed by atoms with Crippen molar-refractivity contribution in [3.05, 3.63) is 54.1 Å². The molecule has 4 rings (SSSR count). The molecule has 0 atom stereocenters. The predicted molar refractivity (Wildman–Crippen MR) is 129 cm³/mol. The molecule has 6 nitrogen and oxygen atoms in total. The van der Waals surface area contributed by atoms with Crippen LogP contribution in [-0.4, -0.2) is 63.5 Å². The lowest BCUT2D eigenvalue weighted by atomic mass is 9.94. The van der Waals surface area contributed by atoms with E-state index in [4.69, 9.17) is 4.74 Å². The standard InChI is InChI=1S/C25H35N3O3S/c1-4-5-20-31-23-12-8-7-11-22(23)27-17-14-26(15-18-27)16-19-28-25(2,3)21-10-6-9-13-24(21)32(28,29)30/h6-13H,4-5,14-20H2,1-3H3. The molecule has 2 aromatic rings. The van der Waals surface area contributed by atoms with E-state index in [9.17, 15) is 8.42 Å². The lowest BCUT2D eigenvalue weighted by molar-refractivity contribution is 0.189. The van der Waals surface area contributed by atoms with Crippen molar-refractivity contribution in [3.63, 3.8) is 0 Å². The smallest absolute Gasteiger partial charge is 0.244 e. The molecule has 0 N–H and O–H groups in total. The summed E-state index contributed by atoms with van der Waals surface area (Å²) in [6.07, 6.45) is 2.18. The monoisotopic (exact) mass is 457 g/mol. The van der Waals surface area contributed by atoms with Gasteiger partial charge in [-0.25, -0.2) is 8.42 Å². The van der Waals surface area contributed by atoms with Gasteiger partial charge in [0.1, 0.15) is 5.75 Å². The minimum atomic E-state index is -3.45. The maximum Gasteiger partial charge on any atom is 0.244 e. The number of rotatable bonds is 8. The second-order valence-electron chi connectivity index (χ2n) is 9.13. The van der Waals surface area contributed by atoms with Gasteiger partial charge in [0.2, 0.25) is 10.0 Å². The van der Waals surface area contributed by atoms with E-state index >= 15 is 0 Å². The molecule has 2 heterocycles. The predicted octanol–water partition coefficient (Wildman–Crippen LogP) is 3.93. The molecule has 2 aliphatic rings. The summed E-state index contributed by atoms with van der Waals surface area (Å²) >= 11 is 0. The zero-order valence-electron chi connectivity index (χ0n) is 19.5. The van der Waals surface area contributed by atoms with Crippen LogP contribution >= 0.6 is 0 Å². The van der Waals surface area contributed by atoms with Gasteiger partial charge < -0.3 is 9.64 Å². The highest BCUT2D eigenvalue weighted by Gasteiger charge is 2.47. The number of unbranched alkanes of at least 4 members (excludes halogenated alkanes) is 1. The second-order valence-corrected chi connectivity index (χ2v) is 11.0. The van der Waals surface area contributed by atoms with Crippen molar-refractivity contribution in [2.24, 2.45) is 0 Å². The topological polar surface area (TPSA) is 53.1 Å². The fourth-order valence-electron chi connectivity index (χ4n) is 4.76. The Labute approximate surface area is 192 Å². The Bertz CT molecular complexity index is 1030. The fourth-order valence-corrected chi connectivity index (χ4v) is 6.87. The third-order valence-electron chi connectivity index (χ3n) is 6.69. The third kappa shape index (κ3) is 4.38. The molecule has 0 aromatic heterocycles. The second kappa shape index (κ2) is 9.41. The number of hydrogen-bond donors (Lipinski definition) is 0. The average Bonchev–Trinajstić information content (AvgIpc) is 2.95. The Kier molecular flexibility index (Phi) is 6.79. The first-order chi connectivity index (χ1) is 15.4. The lowest BCUT2D eigenvalue weighted by Crippen LogP contribution is -2.50. The van der Waals surface area contributed by atoms with Gasteiger partial charge in [-0.05, 0) is 44.0 Å². The van der Waals surface area contributed by atoms with Crippen LogP contribution in [0.1, 0.15) is 39.2 Å². The Morgan fingerprint density at radius 3 is 2.34 bits per heavy atom. The first kappa shape index (κ1) is 23.1. The average molecular weight is 458 g/mol. The first-order valence-electron chi connectivity index (χ1n) is 11.7. The first-order valence-corrected chi connectivity index (χ1v) is 13.1. The number of fused-ring (bicyclic) bond motifs is 1. The van der Waals surface area contributed by atoms with Crippen LogP contribution in [0.4, 0.5) is 5.69 Å². The number of sulfonamides is 1. The van der Waals surface area contributed by atoms with E-state index in [0.29, 0.717) is 11.4 Å². The molecule has 2 aliphatic heterocycles. The van der Waals surface area contributed by atoms with E-state index in [-0.39, 0.29) is 0 Å². The van der Waals surface area contributed by atoms with Crippen LogP contribution in [0.5, 0.6) is 5.75 Å². The molecular formula is C25H35N3O3S. The number of anilines is 1. The van der Waals surface area contributed by atoms with Crippen LogP contribution in [0.15, 0.2) is 53.4 Å². The Hall–Kier alpha value is -2.09. The Balaban J connectivity index is 1.36. The molecule has 0 bridgehead atoms. The number of para-hydroxylation sites is 2. The zero-order valence-corrected chi connectivity index (χ0v) is 20.3. The van der Waals surface area contributed by atoms with Gasteiger partial charge in [0, 0.05) is 39.3 Å². The van der Waals surface area contributed by atoms with Crippen LogP contribution in [0.25, 0.3) is 0 Å². The van der Waals surface area contributed by atoms with Gasteiger partial charge in [-0.2, -0.15) is 4.31 Å². The van der Waals surface area contributed by atoms with Gasteiger partial charge >= 0.3 is 0 Å². The molecule has 0 saturated carbocycles. The largest absolute Gasteiger partial charge is 0.491 e. The maximum absolute atomic E-state index is 13.1. The fraction of sp³-hybridized carbons (Fsp3) is 0.520. The van der Waals surface area contributed by atoms with Gasteiger partial charge in [0.05, 0.1) is 22.7 Å². The van der Waals surface area contributed by atoms with Gasteiger partial charge in [-0.3, -0.25) is 4.90 Å². The molecule has 1 saturated heterocycles. The Morgan fingerprint density at radius 1 is 0.938 bits per heavy atom. The number of hydrogen-bond acceptors (Lipinski definition) is 5. The van der Waals surface area contributed by atoms with Crippen LogP contribution in [0.3, 0.4) is 0 Å².